The lowest BCUT2D eigenvalue weighted by atomic mass is 10.2. The summed E-state index contributed by atoms with van der Waals surface area (Å²) < 4.78 is 42.8. The van der Waals surface area contributed by atoms with Crippen LogP contribution >= 0.6 is 0 Å². The normalized spacial score (nSPS) is 10.9. The number of nitrogens with zero attached hydrogens (tertiary/aromatic N) is 2. The highest BCUT2D eigenvalue weighted by Crippen LogP contribution is 2.30. The summed E-state index contributed by atoms with van der Waals surface area (Å²) in [6.07, 6.45) is -4.52. The minimum absolute atomic E-state index is 0.00455. The van der Waals surface area contributed by atoms with Gasteiger partial charge in [0.1, 0.15) is 5.69 Å². The van der Waals surface area contributed by atoms with E-state index < -0.39 is 17.8 Å². The largest absolute Gasteiger partial charge is 0.479 e. The molecule has 0 fully saturated rings. The van der Waals surface area contributed by atoms with Crippen LogP contribution in [0.2, 0.25) is 0 Å². The fourth-order valence-electron chi connectivity index (χ4n) is 1.77. The van der Waals surface area contributed by atoms with E-state index in [1.807, 2.05) is 0 Å². The van der Waals surface area contributed by atoms with Gasteiger partial charge in [-0.25, -0.2) is 10.2 Å². The molecule has 0 radical (unpaired) electrons. The Hall–Kier alpha value is -3.44. The Morgan fingerprint density at radius 1 is 1.24 bits per heavy atom. The molecule has 2 aromatic rings. The van der Waals surface area contributed by atoms with E-state index in [1.165, 1.54) is 19.2 Å². The number of nitrogens with one attached hydrogen (secondary N) is 3. The number of nitrogen functional groups attached to an aromatic ring is 2. The number of aromatic nitrogens is 2. The zero-order valence-corrected chi connectivity index (χ0v) is 12.8. The molecule has 0 unspecified atom stereocenters. The number of hydrogen-bond acceptors (Lipinski definition) is 7. The third kappa shape index (κ3) is 4.53. The average molecular weight is 357 g/mol. The first-order valence-electron chi connectivity index (χ1n) is 6.68. The zero-order chi connectivity index (χ0) is 18.6. The van der Waals surface area contributed by atoms with Crippen molar-refractivity contribution in [3.05, 3.63) is 29.8 Å². The van der Waals surface area contributed by atoms with Crippen LogP contribution in [0.25, 0.3) is 0 Å². The molecule has 0 aliphatic rings. The second-order valence-electron chi connectivity index (χ2n) is 4.64. The van der Waals surface area contributed by atoms with Gasteiger partial charge in [0.15, 0.2) is 5.82 Å². The summed E-state index contributed by atoms with van der Waals surface area (Å²) in [5.41, 5.74) is 14.7. The van der Waals surface area contributed by atoms with Crippen molar-refractivity contribution in [1.29, 1.82) is 0 Å². The lowest BCUT2D eigenvalue weighted by Gasteiger charge is -2.13. The highest BCUT2D eigenvalue weighted by Gasteiger charge is 2.30. The smallest absolute Gasteiger partial charge is 0.416 e. The average Bonchev–Trinajstić information content (AvgIpc) is 2.54. The van der Waals surface area contributed by atoms with Crippen LogP contribution in [0.1, 0.15) is 5.56 Å². The van der Waals surface area contributed by atoms with Gasteiger partial charge in [-0.1, -0.05) is 6.07 Å². The van der Waals surface area contributed by atoms with Crippen LogP contribution in [0, 0.1) is 0 Å². The van der Waals surface area contributed by atoms with Crippen LogP contribution in [0.3, 0.4) is 0 Å². The summed E-state index contributed by atoms with van der Waals surface area (Å²) in [7, 11) is 1.32. The number of carbonyl (C=O) groups is 1. The zero-order valence-electron chi connectivity index (χ0n) is 12.8. The van der Waals surface area contributed by atoms with Gasteiger partial charge in [0, 0.05) is 5.69 Å². The Morgan fingerprint density at radius 3 is 2.60 bits per heavy atom. The number of benzene rings is 1. The SMILES string of the molecule is COc1nc(N)nc(NNC(=O)Nc2cccc(C(F)(F)F)c2)c1N. The van der Waals surface area contributed by atoms with Gasteiger partial charge in [-0.3, -0.25) is 5.43 Å². The molecule has 0 spiro atoms. The molecule has 134 valence electrons. The van der Waals surface area contributed by atoms with Gasteiger partial charge < -0.3 is 21.5 Å². The first kappa shape index (κ1) is 17.9. The molecule has 7 N–H and O–H groups in total. The molecular weight excluding hydrogens is 343 g/mol. The molecule has 12 heteroatoms. The summed E-state index contributed by atoms with van der Waals surface area (Å²) in [5, 5.41) is 2.23. The van der Waals surface area contributed by atoms with Crippen molar-refractivity contribution in [3.8, 4) is 5.88 Å². The maximum Gasteiger partial charge on any atom is 0.416 e. The highest BCUT2D eigenvalue weighted by atomic mass is 19.4. The number of rotatable bonds is 4. The number of hydrogen-bond donors (Lipinski definition) is 5. The van der Waals surface area contributed by atoms with Crippen LogP contribution in [-0.2, 0) is 6.18 Å². The fourth-order valence-corrected chi connectivity index (χ4v) is 1.77. The van der Waals surface area contributed by atoms with Crippen molar-refractivity contribution in [2.24, 2.45) is 0 Å². The van der Waals surface area contributed by atoms with Gasteiger partial charge in [0.25, 0.3) is 0 Å². The number of ether oxygens (including phenoxy) is 1. The van der Waals surface area contributed by atoms with E-state index in [0.29, 0.717) is 0 Å². The first-order chi connectivity index (χ1) is 11.7. The molecule has 1 aromatic carbocycles. The monoisotopic (exact) mass is 357 g/mol. The van der Waals surface area contributed by atoms with E-state index in [4.69, 9.17) is 16.2 Å². The number of nitrogens with two attached hydrogens (primary N) is 2. The third-order valence-electron chi connectivity index (χ3n) is 2.86. The standard InChI is InChI=1S/C13H14F3N7O2/c1-25-10-8(17)9(20-11(18)21-10)22-23-12(24)19-7-4-2-3-6(5-7)13(14,15)16/h2-5H,17H2,1H3,(H2,19,23,24)(H3,18,20,21,22). The summed E-state index contributed by atoms with van der Waals surface area (Å²) in [6.45, 7) is 0. The minimum Gasteiger partial charge on any atom is -0.479 e. The molecule has 1 aromatic heterocycles. The molecule has 0 aliphatic carbocycles. The Labute approximate surface area is 139 Å². The fraction of sp³-hybridized carbons (Fsp3) is 0.154. The molecule has 9 nitrogen and oxygen atoms in total. The number of hydrazine groups is 1. The van der Waals surface area contributed by atoms with Crippen molar-refractivity contribution < 1.29 is 22.7 Å². The summed E-state index contributed by atoms with van der Waals surface area (Å²) >= 11 is 0. The Morgan fingerprint density at radius 2 is 1.96 bits per heavy atom. The van der Waals surface area contributed by atoms with E-state index in [1.54, 1.807) is 0 Å². The van der Waals surface area contributed by atoms with Gasteiger partial charge in [-0.15, -0.1) is 0 Å². The molecular formula is C13H14F3N7O2. The number of carbonyl (C=O) groups excluding carboxylic acids is 1. The van der Waals surface area contributed by atoms with Gasteiger partial charge in [-0.05, 0) is 18.2 Å². The van der Waals surface area contributed by atoms with Crippen molar-refractivity contribution in [2.45, 2.75) is 6.18 Å². The Kier molecular flexibility index (Phi) is 5.00. The van der Waals surface area contributed by atoms with Gasteiger partial charge in [-0.2, -0.15) is 23.1 Å². The Balaban J connectivity index is 2.04. The van der Waals surface area contributed by atoms with Crippen LogP contribution < -0.4 is 32.4 Å². The minimum atomic E-state index is -4.52. The molecule has 25 heavy (non-hydrogen) atoms. The van der Waals surface area contributed by atoms with Gasteiger partial charge >= 0.3 is 12.2 Å². The van der Waals surface area contributed by atoms with E-state index >= 15 is 0 Å². The Bertz CT molecular complexity index is 783. The number of anilines is 4. The molecule has 1 heterocycles. The number of halogens is 3. The highest BCUT2D eigenvalue weighted by molar-refractivity contribution is 5.90. The molecule has 0 bridgehead atoms. The molecule has 0 saturated carbocycles. The quantitative estimate of drug-likeness (QED) is 0.526. The second-order valence-corrected chi connectivity index (χ2v) is 4.64. The maximum atomic E-state index is 12.6. The first-order valence-corrected chi connectivity index (χ1v) is 6.68. The molecule has 0 saturated heterocycles. The van der Waals surface area contributed by atoms with Crippen LogP contribution in [-0.4, -0.2) is 23.1 Å². The number of amides is 2. The van der Waals surface area contributed by atoms with Gasteiger partial charge in [0.05, 0.1) is 12.7 Å². The van der Waals surface area contributed by atoms with Crippen molar-refractivity contribution in [3.63, 3.8) is 0 Å². The lowest BCUT2D eigenvalue weighted by molar-refractivity contribution is -0.137. The van der Waals surface area contributed by atoms with E-state index in [2.05, 4.69) is 26.1 Å². The topological polar surface area (TPSA) is 140 Å². The van der Waals surface area contributed by atoms with Crippen LogP contribution in [0.15, 0.2) is 24.3 Å². The van der Waals surface area contributed by atoms with Crippen molar-refractivity contribution in [2.75, 3.05) is 29.3 Å². The number of alkyl halides is 3. The van der Waals surface area contributed by atoms with Crippen LogP contribution in [0.5, 0.6) is 5.88 Å². The second kappa shape index (κ2) is 6.98. The van der Waals surface area contributed by atoms with E-state index in [-0.39, 0.29) is 29.0 Å². The number of methoxy groups -OCH3 is 1. The summed E-state index contributed by atoms with van der Waals surface area (Å²) in [5.74, 6) is -0.202. The summed E-state index contributed by atoms with van der Waals surface area (Å²) in [4.78, 5) is 19.3. The van der Waals surface area contributed by atoms with Crippen molar-refractivity contribution in [1.82, 2.24) is 15.4 Å². The predicted octanol–water partition coefficient (Wildman–Crippen LogP) is 1.82. The molecule has 0 atom stereocenters. The molecule has 0 aliphatic heterocycles. The molecule has 2 rings (SSSR count). The summed E-state index contributed by atoms with van der Waals surface area (Å²) in [6, 6.07) is 3.29. The maximum absolute atomic E-state index is 12.6. The van der Waals surface area contributed by atoms with E-state index in [0.717, 1.165) is 12.1 Å². The van der Waals surface area contributed by atoms with Crippen LogP contribution in [0.4, 0.5) is 41.1 Å². The third-order valence-corrected chi connectivity index (χ3v) is 2.86. The predicted molar refractivity (Wildman–Crippen MR) is 84.6 cm³/mol. The van der Waals surface area contributed by atoms with Gasteiger partial charge in [0.2, 0.25) is 11.8 Å². The lowest BCUT2D eigenvalue weighted by Crippen LogP contribution is -2.34. The molecule has 2 amide bonds. The van der Waals surface area contributed by atoms with E-state index in [9.17, 15) is 18.0 Å². The number of urea groups is 1. The van der Waals surface area contributed by atoms with Crippen molar-refractivity contribution >= 4 is 29.2 Å².